The number of hydrogen-bond donors (Lipinski definition) is 2. The predicted molar refractivity (Wildman–Crippen MR) is 99.0 cm³/mol. The summed E-state index contributed by atoms with van der Waals surface area (Å²) in [5, 5.41) is 21.0. The summed E-state index contributed by atoms with van der Waals surface area (Å²) in [5.74, 6) is -0.336. The van der Waals surface area contributed by atoms with Crippen molar-refractivity contribution in [1.82, 2.24) is 20.1 Å². The van der Waals surface area contributed by atoms with Crippen LogP contribution in [0.25, 0.3) is 11.4 Å². The standard InChI is InChI=1S/C18H22N4O3S/c1-12-5-4-6-13(9-12)17-20-21-18(22(17)10-16(24)25)26-11-15(23)19-14-7-2-3-8-14/h4-6,9,14H,2-3,7-8,10-11H2,1H3,(H,19,23)(H,24,25). The van der Waals surface area contributed by atoms with Crippen molar-refractivity contribution in [3.63, 3.8) is 0 Å². The second-order valence-corrected chi connectivity index (χ2v) is 7.44. The maximum absolute atomic E-state index is 12.1. The van der Waals surface area contributed by atoms with Crippen molar-refractivity contribution in [3.05, 3.63) is 29.8 Å². The Morgan fingerprint density at radius 2 is 2.08 bits per heavy atom. The molecule has 2 N–H and O–H groups in total. The molecular formula is C18H22N4O3S. The summed E-state index contributed by atoms with van der Waals surface area (Å²) >= 11 is 1.21. The van der Waals surface area contributed by atoms with Gasteiger partial charge < -0.3 is 10.4 Å². The number of nitrogens with one attached hydrogen (secondary N) is 1. The third-order valence-electron chi connectivity index (χ3n) is 4.34. The molecule has 1 aliphatic rings. The lowest BCUT2D eigenvalue weighted by Crippen LogP contribution is -2.33. The van der Waals surface area contributed by atoms with Crippen LogP contribution in [-0.4, -0.2) is 43.5 Å². The molecule has 0 radical (unpaired) electrons. The topological polar surface area (TPSA) is 97.1 Å². The van der Waals surface area contributed by atoms with Crippen LogP contribution < -0.4 is 5.32 Å². The van der Waals surface area contributed by atoms with E-state index >= 15 is 0 Å². The van der Waals surface area contributed by atoms with Gasteiger partial charge in [0.25, 0.3) is 0 Å². The minimum absolute atomic E-state index is 0.0520. The first-order valence-electron chi connectivity index (χ1n) is 8.67. The molecule has 0 atom stereocenters. The first-order chi connectivity index (χ1) is 12.5. The number of carboxylic acids is 1. The summed E-state index contributed by atoms with van der Waals surface area (Å²) in [6, 6.07) is 7.93. The summed E-state index contributed by atoms with van der Waals surface area (Å²) in [5.41, 5.74) is 1.86. The van der Waals surface area contributed by atoms with Crippen LogP contribution in [0, 0.1) is 6.92 Å². The fourth-order valence-electron chi connectivity index (χ4n) is 3.14. The zero-order valence-electron chi connectivity index (χ0n) is 14.6. The molecule has 1 aliphatic carbocycles. The van der Waals surface area contributed by atoms with E-state index in [1.54, 1.807) is 4.57 Å². The van der Waals surface area contributed by atoms with Crippen molar-refractivity contribution in [3.8, 4) is 11.4 Å². The fraction of sp³-hybridized carbons (Fsp3) is 0.444. The molecule has 7 nitrogen and oxygen atoms in total. The van der Waals surface area contributed by atoms with E-state index in [2.05, 4.69) is 15.5 Å². The highest BCUT2D eigenvalue weighted by Crippen LogP contribution is 2.25. The van der Waals surface area contributed by atoms with E-state index in [1.165, 1.54) is 11.8 Å². The van der Waals surface area contributed by atoms with Gasteiger partial charge in [-0.05, 0) is 25.8 Å². The number of aliphatic carboxylic acids is 1. The quantitative estimate of drug-likeness (QED) is 0.723. The lowest BCUT2D eigenvalue weighted by atomic mass is 10.1. The van der Waals surface area contributed by atoms with E-state index < -0.39 is 5.97 Å². The van der Waals surface area contributed by atoms with Crippen molar-refractivity contribution in [2.45, 2.75) is 50.4 Å². The Labute approximate surface area is 156 Å². The molecule has 2 aromatic rings. The van der Waals surface area contributed by atoms with Crippen molar-refractivity contribution in [2.24, 2.45) is 0 Å². The number of hydrogen-bond acceptors (Lipinski definition) is 5. The van der Waals surface area contributed by atoms with E-state index in [0.717, 1.165) is 36.8 Å². The number of benzene rings is 1. The van der Waals surface area contributed by atoms with Crippen LogP contribution in [0.2, 0.25) is 0 Å². The second-order valence-electron chi connectivity index (χ2n) is 6.49. The van der Waals surface area contributed by atoms with E-state index in [9.17, 15) is 14.7 Å². The highest BCUT2D eigenvalue weighted by atomic mass is 32.2. The Kier molecular flexibility index (Phi) is 5.92. The minimum atomic E-state index is -0.976. The van der Waals surface area contributed by atoms with E-state index in [1.807, 2.05) is 31.2 Å². The number of aryl methyl sites for hydroxylation is 1. The molecule has 1 aromatic carbocycles. The number of amides is 1. The van der Waals surface area contributed by atoms with E-state index in [4.69, 9.17) is 0 Å². The van der Waals surface area contributed by atoms with Gasteiger partial charge in [0.2, 0.25) is 5.91 Å². The number of carboxylic acid groups (broad SMARTS) is 1. The predicted octanol–water partition coefficient (Wildman–Crippen LogP) is 2.49. The van der Waals surface area contributed by atoms with Crippen LogP contribution in [0.15, 0.2) is 29.4 Å². The molecule has 0 unspecified atom stereocenters. The smallest absolute Gasteiger partial charge is 0.323 e. The van der Waals surface area contributed by atoms with Crippen LogP contribution in [0.4, 0.5) is 0 Å². The highest BCUT2D eigenvalue weighted by Gasteiger charge is 2.20. The van der Waals surface area contributed by atoms with Crippen LogP contribution in [-0.2, 0) is 16.1 Å². The second kappa shape index (κ2) is 8.35. The molecule has 138 valence electrons. The highest BCUT2D eigenvalue weighted by molar-refractivity contribution is 7.99. The number of nitrogens with zero attached hydrogens (tertiary/aromatic N) is 3. The van der Waals surface area contributed by atoms with Crippen LogP contribution in [0.5, 0.6) is 0 Å². The van der Waals surface area contributed by atoms with Crippen molar-refractivity contribution >= 4 is 23.6 Å². The molecule has 1 heterocycles. The Bertz CT molecular complexity index is 799. The fourth-order valence-corrected chi connectivity index (χ4v) is 3.89. The molecule has 0 saturated heterocycles. The van der Waals surface area contributed by atoms with Crippen LogP contribution in [0.3, 0.4) is 0 Å². The Morgan fingerprint density at radius 1 is 1.31 bits per heavy atom. The number of carbonyl (C=O) groups excluding carboxylic acids is 1. The maximum atomic E-state index is 12.1. The first-order valence-corrected chi connectivity index (χ1v) is 9.65. The zero-order chi connectivity index (χ0) is 18.5. The van der Waals surface area contributed by atoms with E-state index in [0.29, 0.717) is 11.0 Å². The Morgan fingerprint density at radius 3 is 2.77 bits per heavy atom. The van der Waals surface area contributed by atoms with Gasteiger partial charge >= 0.3 is 5.97 Å². The normalized spacial score (nSPS) is 14.5. The van der Waals surface area contributed by atoms with Crippen LogP contribution >= 0.6 is 11.8 Å². The lowest BCUT2D eigenvalue weighted by Gasteiger charge is -2.12. The largest absolute Gasteiger partial charge is 0.480 e. The summed E-state index contributed by atoms with van der Waals surface area (Å²) in [7, 11) is 0. The van der Waals surface area contributed by atoms with Gasteiger partial charge in [-0.25, -0.2) is 0 Å². The summed E-state index contributed by atoms with van der Waals surface area (Å²) in [6.07, 6.45) is 4.38. The summed E-state index contributed by atoms with van der Waals surface area (Å²) < 4.78 is 1.55. The van der Waals surface area contributed by atoms with Gasteiger partial charge in [-0.15, -0.1) is 10.2 Å². The monoisotopic (exact) mass is 374 g/mol. The van der Waals surface area contributed by atoms with Gasteiger partial charge in [0, 0.05) is 11.6 Å². The molecule has 0 bridgehead atoms. The lowest BCUT2D eigenvalue weighted by molar-refractivity contribution is -0.137. The molecule has 26 heavy (non-hydrogen) atoms. The molecule has 1 amide bonds. The Hall–Kier alpha value is -2.35. The number of carbonyl (C=O) groups is 2. The molecule has 1 saturated carbocycles. The first kappa shape index (κ1) is 18.4. The van der Waals surface area contributed by atoms with Gasteiger partial charge in [0.05, 0.1) is 5.75 Å². The average Bonchev–Trinajstić information content (AvgIpc) is 3.22. The van der Waals surface area contributed by atoms with Crippen molar-refractivity contribution in [1.29, 1.82) is 0 Å². The molecule has 0 spiro atoms. The zero-order valence-corrected chi connectivity index (χ0v) is 15.5. The SMILES string of the molecule is Cc1cccc(-c2nnc(SCC(=O)NC3CCCC3)n2CC(=O)O)c1. The molecule has 8 heteroatoms. The maximum Gasteiger partial charge on any atom is 0.323 e. The Balaban J connectivity index is 1.74. The molecule has 0 aliphatic heterocycles. The summed E-state index contributed by atoms with van der Waals surface area (Å²) in [4.78, 5) is 23.4. The number of rotatable bonds is 7. The molecule has 1 aromatic heterocycles. The minimum Gasteiger partial charge on any atom is -0.480 e. The van der Waals surface area contributed by atoms with Crippen molar-refractivity contribution < 1.29 is 14.7 Å². The number of thioether (sulfide) groups is 1. The number of aromatic nitrogens is 3. The van der Waals surface area contributed by atoms with E-state index in [-0.39, 0.29) is 24.2 Å². The molecular weight excluding hydrogens is 352 g/mol. The molecule has 1 fully saturated rings. The third kappa shape index (κ3) is 4.63. The van der Waals surface area contributed by atoms with Gasteiger partial charge in [-0.3, -0.25) is 14.2 Å². The van der Waals surface area contributed by atoms with Crippen molar-refractivity contribution in [2.75, 3.05) is 5.75 Å². The summed E-state index contributed by atoms with van der Waals surface area (Å²) in [6.45, 7) is 1.72. The van der Waals surface area contributed by atoms with Gasteiger partial charge in [0.1, 0.15) is 6.54 Å². The van der Waals surface area contributed by atoms with Crippen LogP contribution in [0.1, 0.15) is 31.2 Å². The van der Waals surface area contributed by atoms with Gasteiger partial charge in [-0.1, -0.05) is 48.4 Å². The van der Waals surface area contributed by atoms with Gasteiger partial charge in [0.15, 0.2) is 11.0 Å². The third-order valence-corrected chi connectivity index (χ3v) is 5.31. The average molecular weight is 374 g/mol. The molecule has 3 rings (SSSR count). The van der Waals surface area contributed by atoms with Gasteiger partial charge in [-0.2, -0.15) is 0 Å².